The van der Waals surface area contributed by atoms with Crippen molar-refractivity contribution in [1.82, 2.24) is 4.90 Å². The molecule has 3 unspecified atom stereocenters. The van der Waals surface area contributed by atoms with E-state index in [2.05, 4.69) is 4.90 Å². The van der Waals surface area contributed by atoms with E-state index < -0.39 is 12.0 Å². The van der Waals surface area contributed by atoms with Gasteiger partial charge in [-0.15, -0.1) is 0 Å². The van der Waals surface area contributed by atoms with Crippen LogP contribution in [-0.4, -0.2) is 41.1 Å². The van der Waals surface area contributed by atoms with Gasteiger partial charge >= 0.3 is 5.97 Å². The summed E-state index contributed by atoms with van der Waals surface area (Å²) in [6.07, 6.45) is 7.72. The molecule has 1 heterocycles. The summed E-state index contributed by atoms with van der Waals surface area (Å²) in [4.78, 5) is 13.1. The van der Waals surface area contributed by atoms with Crippen molar-refractivity contribution in [2.24, 2.45) is 11.7 Å². The minimum absolute atomic E-state index is 0.524. The number of carboxylic acids is 1. The van der Waals surface area contributed by atoms with E-state index in [-0.39, 0.29) is 0 Å². The third-order valence-corrected chi connectivity index (χ3v) is 4.11. The average molecular weight is 226 g/mol. The largest absolute Gasteiger partial charge is 0.480 e. The van der Waals surface area contributed by atoms with Crippen molar-refractivity contribution in [3.63, 3.8) is 0 Å². The van der Waals surface area contributed by atoms with E-state index in [1.807, 2.05) is 0 Å². The van der Waals surface area contributed by atoms with Crippen molar-refractivity contribution < 1.29 is 9.90 Å². The lowest BCUT2D eigenvalue weighted by Crippen LogP contribution is -2.52. The Morgan fingerprint density at radius 3 is 2.75 bits per heavy atom. The second kappa shape index (κ2) is 5.15. The summed E-state index contributed by atoms with van der Waals surface area (Å²) in [7, 11) is 0. The molecule has 0 radical (unpaired) electrons. The van der Waals surface area contributed by atoms with E-state index in [9.17, 15) is 4.79 Å². The van der Waals surface area contributed by atoms with Crippen LogP contribution in [0, 0.1) is 5.92 Å². The van der Waals surface area contributed by atoms with Gasteiger partial charge in [0.05, 0.1) is 0 Å². The Bertz CT molecular complexity index is 255. The summed E-state index contributed by atoms with van der Waals surface area (Å²) in [5, 5.41) is 8.86. The first-order valence-corrected chi connectivity index (χ1v) is 6.41. The molecule has 0 aromatic rings. The fourth-order valence-electron chi connectivity index (χ4n) is 3.29. The summed E-state index contributed by atoms with van der Waals surface area (Å²) in [6.45, 7) is 1.55. The normalized spacial score (nSPS) is 33.1. The predicted molar refractivity (Wildman–Crippen MR) is 62.2 cm³/mol. The first kappa shape index (κ1) is 11.9. The smallest absolute Gasteiger partial charge is 0.321 e. The highest BCUT2D eigenvalue weighted by molar-refractivity contribution is 5.73. The van der Waals surface area contributed by atoms with Crippen molar-refractivity contribution in [1.29, 1.82) is 0 Å². The van der Waals surface area contributed by atoms with Crippen LogP contribution in [0.2, 0.25) is 0 Å². The minimum Gasteiger partial charge on any atom is -0.480 e. The van der Waals surface area contributed by atoms with Gasteiger partial charge in [-0.05, 0) is 38.1 Å². The van der Waals surface area contributed by atoms with Crippen LogP contribution >= 0.6 is 0 Å². The fourth-order valence-corrected chi connectivity index (χ4v) is 3.29. The molecule has 1 saturated carbocycles. The number of hydrogen-bond acceptors (Lipinski definition) is 3. The maximum Gasteiger partial charge on any atom is 0.321 e. The van der Waals surface area contributed by atoms with Crippen molar-refractivity contribution >= 4 is 5.97 Å². The van der Waals surface area contributed by atoms with Gasteiger partial charge in [0.15, 0.2) is 0 Å². The lowest BCUT2D eigenvalue weighted by Gasteiger charge is -2.44. The average Bonchev–Trinajstić information content (AvgIpc) is 2.29. The Morgan fingerprint density at radius 2 is 2.00 bits per heavy atom. The van der Waals surface area contributed by atoms with E-state index in [0.29, 0.717) is 12.6 Å². The second-order valence-corrected chi connectivity index (χ2v) is 5.19. The van der Waals surface area contributed by atoms with Crippen LogP contribution < -0.4 is 5.73 Å². The highest BCUT2D eigenvalue weighted by Crippen LogP contribution is 2.35. The van der Waals surface area contributed by atoms with E-state index in [0.717, 1.165) is 12.5 Å². The lowest BCUT2D eigenvalue weighted by atomic mass is 9.78. The zero-order valence-corrected chi connectivity index (χ0v) is 9.77. The van der Waals surface area contributed by atoms with Gasteiger partial charge in [-0.1, -0.05) is 12.8 Å². The van der Waals surface area contributed by atoms with Gasteiger partial charge in [0.2, 0.25) is 0 Å². The summed E-state index contributed by atoms with van der Waals surface area (Å²) >= 11 is 0. The minimum atomic E-state index is -0.877. The summed E-state index contributed by atoms with van der Waals surface area (Å²) in [5.74, 6) is -0.0820. The van der Waals surface area contributed by atoms with Crippen LogP contribution in [0.1, 0.15) is 38.5 Å². The zero-order valence-electron chi connectivity index (χ0n) is 9.77. The van der Waals surface area contributed by atoms with Crippen molar-refractivity contribution in [2.45, 2.75) is 50.6 Å². The van der Waals surface area contributed by atoms with E-state index in [4.69, 9.17) is 10.8 Å². The number of likely N-dealkylation sites (tertiary alicyclic amines) is 1. The Hall–Kier alpha value is -0.610. The highest BCUT2D eigenvalue weighted by atomic mass is 16.4. The van der Waals surface area contributed by atoms with Crippen LogP contribution in [0.25, 0.3) is 0 Å². The summed E-state index contributed by atoms with van der Waals surface area (Å²) in [6, 6.07) is -0.117. The molecule has 2 rings (SSSR count). The number of aliphatic carboxylic acids is 1. The molecule has 3 N–H and O–H groups in total. The van der Waals surface area contributed by atoms with Gasteiger partial charge in [-0.3, -0.25) is 9.69 Å². The Kier molecular flexibility index (Phi) is 3.82. The third-order valence-electron chi connectivity index (χ3n) is 4.11. The molecule has 1 aliphatic carbocycles. The second-order valence-electron chi connectivity index (χ2n) is 5.19. The highest BCUT2D eigenvalue weighted by Gasteiger charge is 2.34. The molecule has 3 atom stereocenters. The topological polar surface area (TPSA) is 66.6 Å². The maximum atomic E-state index is 10.8. The predicted octanol–water partition coefficient (Wildman–Crippen LogP) is 1.05. The van der Waals surface area contributed by atoms with E-state index >= 15 is 0 Å². The number of nitrogens with two attached hydrogens (primary N) is 1. The molecule has 92 valence electrons. The standard InChI is InChI=1S/C12H22N2O2/c13-10(12(15)16)8-14-7-3-5-9-4-1-2-6-11(9)14/h9-11H,1-8,13H2,(H,15,16). The van der Waals surface area contributed by atoms with Gasteiger partial charge in [-0.2, -0.15) is 0 Å². The molecule has 0 bridgehead atoms. The first-order chi connectivity index (χ1) is 7.68. The van der Waals surface area contributed by atoms with Crippen LogP contribution in [0.5, 0.6) is 0 Å². The van der Waals surface area contributed by atoms with Crippen molar-refractivity contribution in [3.05, 3.63) is 0 Å². The summed E-state index contributed by atoms with van der Waals surface area (Å²) in [5.41, 5.74) is 5.63. The SMILES string of the molecule is NC(CN1CCCC2CCCCC21)C(=O)O. The van der Waals surface area contributed by atoms with Crippen LogP contribution in [-0.2, 0) is 4.79 Å². The number of hydrogen-bond donors (Lipinski definition) is 2. The molecule has 1 saturated heterocycles. The van der Waals surface area contributed by atoms with Gasteiger partial charge in [0, 0.05) is 12.6 Å². The number of rotatable bonds is 3. The van der Waals surface area contributed by atoms with E-state index in [1.165, 1.54) is 38.5 Å². The number of piperidine rings is 1. The molecule has 2 aliphatic rings. The van der Waals surface area contributed by atoms with E-state index in [1.54, 1.807) is 0 Å². The number of fused-ring (bicyclic) bond motifs is 1. The van der Waals surface area contributed by atoms with Crippen LogP contribution in [0.15, 0.2) is 0 Å². The molecule has 4 heteroatoms. The quantitative estimate of drug-likeness (QED) is 0.755. The Labute approximate surface area is 96.8 Å². The van der Waals surface area contributed by atoms with Gasteiger partial charge in [0.25, 0.3) is 0 Å². The van der Waals surface area contributed by atoms with Crippen molar-refractivity contribution in [2.75, 3.05) is 13.1 Å². The lowest BCUT2D eigenvalue weighted by molar-refractivity contribution is -0.139. The number of carboxylic acid groups (broad SMARTS) is 1. The molecule has 16 heavy (non-hydrogen) atoms. The monoisotopic (exact) mass is 226 g/mol. The molecule has 4 nitrogen and oxygen atoms in total. The molecule has 2 fully saturated rings. The van der Waals surface area contributed by atoms with Crippen LogP contribution in [0.4, 0.5) is 0 Å². The van der Waals surface area contributed by atoms with Crippen molar-refractivity contribution in [3.8, 4) is 0 Å². The Balaban J connectivity index is 1.94. The first-order valence-electron chi connectivity index (χ1n) is 6.41. The molecule has 0 aromatic carbocycles. The third kappa shape index (κ3) is 2.55. The molecule has 0 spiro atoms. The van der Waals surface area contributed by atoms with Crippen LogP contribution in [0.3, 0.4) is 0 Å². The van der Waals surface area contributed by atoms with Gasteiger partial charge in [-0.25, -0.2) is 0 Å². The van der Waals surface area contributed by atoms with Gasteiger partial charge in [0.1, 0.15) is 6.04 Å². The fraction of sp³-hybridized carbons (Fsp3) is 0.917. The molecule has 0 aromatic heterocycles. The molecular formula is C12H22N2O2. The maximum absolute atomic E-state index is 10.8. The zero-order chi connectivity index (χ0) is 11.5. The molecular weight excluding hydrogens is 204 g/mol. The molecule has 1 aliphatic heterocycles. The molecule has 0 amide bonds. The number of carbonyl (C=O) groups is 1. The van der Waals surface area contributed by atoms with Gasteiger partial charge < -0.3 is 10.8 Å². The summed E-state index contributed by atoms with van der Waals surface area (Å²) < 4.78 is 0. The Morgan fingerprint density at radius 1 is 1.31 bits per heavy atom. The number of nitrogens with zero attached hydrogens (tertiary/aromatic N) is 1.